The van der Waals surface area contributed by atoms with Crippen molar-refractivity contribution in [1.82, 2.24) is 0 Å². The van der Waals surface area contributed by atoms with E-state index < -0.39 is 5.97 Å². The summed E-state index contributed by atoms with van der Waals surface area (Å²) in [5.41, 5.74) is 0.461. The Hall–Kier alpha value is -1.56. The van der Waals surface area contributed by atoms with Crippen molar-refractivity contribution < 1.29 is 19.0 Å². The molecule has 0 saturated carbocycles. The lowest BCUT2D eigenvalue weighted by Crippen LogP contribution is -2.45. The Balaban J connectivity index is 2.79. The van der Waals surface area contributed by atoms with Gasteiger partial charge in [0.2, 0.25) is 0 Å². The highest BCUT2D eigenvalue weighted by Crippen LogP contribution is 2.17. The molecule has 5 heteroatoms. The van der Waals surface area contributed by atoms with Crippen LogP contribution in [0.4, 0.5) is 0 Å². The van der Waals surface area contributed by atoms with Crippen LogP contribution in [0.2, 0.25) is 0 Å². The maximum absolute atomic E-state index is 11.9. The first-order valence-electron chi connectivity index (χ1n) is 5.41. The molecule has 1 rings (SSSR count). The summed E-state index contributed by atoms with van der Waals surface area (Å²) in [5, 5.41) is 7.88. The van der Waals surface area contributed by atoms with Gasteiger partial charge in [-0.3, -0.25) is 4.79 Å². The van der Waals surface area contributed by atoms with E-state index in [4.69, 9.17) is 19.6 Å². The molecule has 0 radical (unpaired) electrons. The van der Waals surface area contributed by atoms with E-state index in [2.05, 4.69) is 0 Å². The maximum atomic E-state index is 11.9. The highest BCUT2D eigenvalue weighted by Gasteiger charge is 2.36. The van der Waals surface area contributed by atoms with Crippen LogP contribution in [-0.4, -0.2) is 38.8 Å². The van der Waals surface area contributed by atoms with E-state index in [9.17, 15) is 4.79 Å². The number of hydrogen-bond donors (Lipinski definition) is 1. The molecule has 0 aliphatic heterocycles. The lowest BCUT2D eigenvalue weighted by atomic mass is 10.0. The Morgan fingerprint density at radius 2 is 1.61 bits per heavy atom. The predicted molar refractivity (Wildman–Crippen MR) is 66.9 cm³/mol. The van der Waals surface area contributed by atoms with Gasteiger partial charge in [-0.2, -0.15) is 0 Å². The number of carbonyl (C=O) groups excluding carboxylic acids is 1. The van der Waals surface area contributed by atoms with Crippen molar-refractivity contribution in [3.05, 3.63) is 35.9 Å². The fraction of sp³-hybridized carbons (Fsp3) is 0.385. The fourth-order valence-corrected chi connectivity index (χ4v) is 1.61. The van der Waals surface area contributed by atoms with Gasteiger partial charge in [0.05, 0.1) is 6.42 Å². The number of carbonyl (C=O) groups is 1. The number of rotatable bonds is 7. The fourth-order valence-electron chi connectivity index (χ4n) is 1.61. The third kappa shape index (κ3) is 3.01. The first-order chi connectivity index (χ1) is 8.59. The van der Waals surface area contributed by atoms with E-state index in [0.717, 1.165) is 0 Å². The monoisotopic (exact) mass is 251 g/mol. The zero-order chi connectivity index (χ0) is 13.6. The summed E-state index contributed by atoms with van der Waals surface area (Å²) < 4.78 is 15.0. The van der Waals surface area contributed by atoms with Crippen LogP contribution in [0.5, 0.6) is 0 Å². The molecule has 0 unspecified atom stereocenters. The molecule has 0 aromatic heterocycles. The Labute approximate surface area is 106 Å². The van der Waals surface area contributed by atoms with E-state index >= 15 is 0 Å². The van der Waals surface area contributed by atoms with Gasteiger partial charge >= 0.3 is 5.97 Å². The van der Waals surface area contributed by atoms with Crippen molar-refractivity contribution in [3.63, 3.8) is 0 Å². The van der Waals surface area contributed by atoms with Gasteiger partial charge in [-0.1, -0.05) is 30.3 Å². The van der Waals surface area contributed by atoms with Crippen LogP contribution in [0.15, 0.2) is 30.3 Å². The molecule has 18 heavy (non-hydrogen) atoms. The van der Waals surface area contributed by atoms with E-state index in [1.54, 1.807) is 24.3 Å². The lowest BCUT2D eigenvalue weighted by Gasteiger charge is -2.28. The van der Waals surface area contributed by atoms with E-state index in [0.29, 0.717) is 5.56 Å². The van der Waals surface area contributed by atoms with Gasteiger partial charge in [0.15, 0.2) is 5.78 Å². The first-order valence-corrected chi connectivity index (χ1v) is 5.41. The lowest BCUT2D eigenvalue weighted by molar-refractivity contribution is -0.304. The molecule has 0 spiro atoms. The minimum Gasteiger partial charge on any atom is -0.326 e. The first kappa shape index (κ1) is 14.5. The topological polar surface area (TPSA) is 68.6 Å². The van der Waals surface area contributed by atoms with Crippen molar-refractivity contribution in [2.45, 2.75) is 12.4 Å². The van der Waals surface area contributed by atoms with Crippen LogP contribution in [0.1, 0.15) is 16.8 Å². The normalized spacial score (nSPS) is 11.3. The van der Waals surface area contributed by atoms with Gasteiger partial charge in [0.25, 0.3) is 0 Å². The third-order valence-corrected chi connectivity index (χ3v) is 2.61. The SMILES string of the molecule is COC(OC)(OC)C(=N)CC(=O)c1ccccc1. The molecule has 0 heterocycles. The highest BCUT2D eigenvalue weighted by atomic mass is 16.9. The van der Waals surface area contributed by atoms with Gasteiger partial charge in [-0.25, -0.2) is 0 Å². The van der Waals surface area contributed by atoms with Crippen molar-refractivity contribution in [2.24, 2.45) is 0 Å². The number of Topliss-reactive ketones (excluding diaryl/α,β-unsaturated/α-hetero) is 1. The molecule has 0 aliphatic carbocycles. The van der Waals surface area contributed by atoms with Gasteiger partial charge in [0.1, 0.15) is 5.71 Å². The van der Waals surface area contributed by atoms with Crippen molar-refractivity contribution in [3.8, 4) is 0 Å². The average molecular weight is 251 g/mol. The molecule has 98 valence electrons. The molecular weight excluding hydrogens is 234 g/mol. The summed E-state index contributed by atoms with van der Waals surface area (Å²) in [6, 6.07) is 8.76. The number of hydrogen-bond acceptors (Lipinski definition) is 5. The van der Waals surface area contributed by atoms with E-state index in [-0.39, 0.29) is 17.9 Å². The second kappa shape index (κ2) is 6.39. The smallest absolute Gasteiger partial charge is 0.324 e. The van der Waals surface area contributed by atoms with Crippen LogP contribution in [0, 0.1) is 5.41 Å². The Morgan fingerprint density at radius 3 is 2.06 bits per heavy atom. The molecule has 0 fully saturated rings. The van der Waals surface area contributed by atoms with Crippen molar-refractivity contribution in [1.29, 1.82) is 5.41 Å². The van der Waals surface area contributed by atoms with Crippen LogP contribution >= 0.6 is 0 Å². The second-order valence-electron chi connectivity index (χ2n) is 3.61. The summed E-state index contributed by atoms with van der Waals surface area (Å²) in [4.78, 5) is 11.9. The second-order valence-corrected chi connectivity index (χ2v) is 3.61. The maximum Gasteiger partial charge on any atom is 0.324 e. The van der Waals surface area contributed by atoms with Crippen molar-refractivity contribution >= 4 is 11.5 Å². The number of ketones is 1. The third-order valence-electron chi connectivity index (χ3n) is 2.61. The summed E-state index contributed by atoms with van der Waals surface area (Å²) >= 11 is 0. The summed E-state index contributed by atoms with van der Waals surface area (Å²) in [5.74, 6) is -1.78. The Kier molecular flexibility index (Phi) is 5.15. The van der Waals surface area contributed by atoms with E-state index in [1.165, 1.54) is 21.3 Å². The Bertz CT molecular complexity index is 404. The molecule has 0 saturated heterocycles. The quantitative estimate of drug-likeness (QED) is 0.456. The molecule has 0 amide bonds. The molecule has 1 aromatic carbocycles. The molecular formula is C13H17NO4. The van der Waals surface area contributed by atoms with Crippen LogP contribution in [0.25, 0.3) is 0 Å². The molecule has 1 N–H and O–H groups in total. The number of methoxy groups -OCH3 is 3. The predicted octanol–water partition coefficient (Wildman–Crippen LogP) is 1.87. The van der Waals surface area contributed by atoms with E-state index in [1.807, 2.05) is 6.07 Å². The zero-order valence-corrected chi connectivity index (χ0v) is 10.7. The zero-order valence-electron chi connectivity index (χ0n) is 10.7. The Morgan fingerprint density at radius 1 is 1.11 bits per heavy atom. The number of benzene rings is 1. The van der Waals surface area contributed by atoms with Gasteiger partial charge in [-0.15, -0.1) is 0 Å². The van der Waals surface area contributed by atoms with Gasteiger partial charge < -0.3 is 19.6 Å². The molecule has 5 nitrogen and oxygen atoms in total. The van der Waals surface area contributed by atoms with Crippen LogP contribution in [0.3, 0.4) is 0 Å². The minimum atomic E-state index is -1.59. The number of nitrogens with one attached hydrogen (secondary N) is 1. The molecule has 0 atom stereocenters. The summed E-state index contributed by atoms with van der Waals surface area (Å²) in [7, 11) is 4.07. The minimum absolute atomic E-state index is 0.0798. The average Bonchev–Trinajstić information content (AvgIpc) is 2.42. The number of ether oxygens (including phenoxy) is 3. The largest absolute Gasteiger partial charge is 0.326 e. The summed E-state index contributed by atoms with van der Waals surface area (Å²) in [6.07, 6.45) is -0.125. The standard InChI is InChI=1S/C13H17NO4/c1-16-13(17-2,18-3)12(14)9-11(15)10-7-5-4-6-8-10/h4-8,14H,9H2,1-3H3. The van der Waals surface area contributed by atoms with Gasteiger partial charge in [-0.05, 0) is 0 Å². The highest BCUT2D eigenvalue weighted by molar-refractivity contribution is 6.10. The van der Waals surface area contributed by atoms with Crippen molar-refractivity contribution in [2.75, 3.05) is 21.3 Å². The summed E-state index contributed by atoms with van der Waals surface area (Å²) in [6.45, 7) is 0. The molecule has 0 aliphatic rings. The molecule has 0 bridgehead atoms. The van der Waals surface area contributed by atoms with Crippen LogP contribution < -0.4 is 0 Å². The van der Waals surface area contributed by atoms with Gasteiger partial charge in [0, 0.05) is 26.9 Å². The molecule has 1 aromatic rings. The van der Waals surface area contributed by atoms with Crippen LogP contribution in [-0.2, 0) is 14.2 Å².